The highest BCUT2D eigenvalue weighted by atomic mass is 35.5. The Balaban J connectivity index is 1.29. The van der Waals surface area contributed by atoms with Gasteiger partial charge in [-0.15, -0.1) is 0 Å². The molecule has 1 N–H and O–H groups in total. The maximum absolute atomic E-state index is 6.00. The van der Waals surface area contributed by atoms with Crippen LogP contribution in [0.2, 0.25) is 5.02 Å². The molecule has 6 nitrogen and oxygen atoms in total. The Labute approximate surface area is 182 Å². The maximum Gasteiger partial charge on any atom is 0.132 e. The van der Waals surface area contributed by atoms with E-state index in [9.17, 15) is 0 Å². The summed E-state index contributed by atoms with van der Waals surface area (Å²) in [5.74, 6) is 2.30. The number of ether oxygens (including phenoxy) is 1. The van der Waals surface area contributed by atoms with Gasteiger partial charge in [0.1, 0.15) is 11.6 Å². The summed E-state index contributed by atoms with van der Waals surface area (Å²) >= 11 is 6.00. The zero-order valence-corrected chi connectivity index (χ0v) is 18.3. The lowest BCUT2D eigenvalue weighted by atomic mass is 10.0. The number of hydrogen-bond acceptors (Lipinski definition) is 5. The number of pyridine rings is 1. The SMILES string of the molecule is CN(C)c1ncccc1CN1CC[C@@H](c2cc(CCOc3cccc(Cl)c3)[nH]n2)C1. The first-order valence-electron chi connectivity index (χ1n) is 10.3. The first kappa shape index (κ1) is 20.7. The molecule has 3 heterocycles. The molecule has 0 amide bonds. The second-order valence-electron chi connectivity index (χ2n) is 7.98. The Hall–Kier alpha value is -2.57. The summed E-state index contributed by atoms with van der Waals surface area (Å²) in [6, 6.07) is 13.9. The average Bonchev–Trinajstić information content (AvgIpc) is 3.38. The Morgan fingerprint density at radius 1 is 1.23 bits per heavy atom. The van der Waals surface area contributed by atoms with Crippen molar-refractivity contribution in [1.29, 1.82) is 0 Å². The molecular formula is C23H28ClN5O. The number of aromatic nitrogens is 3. The lowest BCUT2D eigenvalue weighted by Gasteiger charge is -2.20. The van der Waals surface area contributed by atoms with Gasteiger partial charge in [0, 0.05) is 62.0 Å². The third-order valence-electron chi connectivity index (χ3n) is 5.46. The zero-order valence-electron chi connectivity index (χ0n) is 17.5. The minimum absolute atomic E-state index is 0.461. The molecule has 4 rings (SSSR count). The number of likely N-dealkylation sites (tertiary alicyclic amines) is 1. The smallest absolute Gasteiger partial charge is 0.132 e. The van der Waals surface area contributed by atoms with E-state index in [0.29, 0.717) is 17.5 Å². The number of aromatic amines is 1. The number of anilines is 1. The highest BCUT2D eigenvalue weighted by Crippen LogP contribution is 2.28. The van der Waals surface area contributed by atoms with Crippen LogP contribution >= 0.6 is 11.6 Å². The van der Waals surface area contributed by atoms with Crippen molar-refractivity contribution in [1.82, 2.24) is 20.1 Å². The lowest BCUT2D eigenvalue weighted by molar-refractivity contribution is 0.320. The number of H-pyrrole nitrogens is 1. The Bertz CT molecular complexity index is 973. The van der Waals surface area contributed by atoms with Crippen LogP contribution in [0.3, 0.4) is 0 Å². The molecule has 1 aliphatic rings. The largest absolute Gasteiger partial charge is 0.493 e. The van der Waals surface area contributed by atoms with E-state index in [-0.39, 0.29) is 0 Å². The van der Waals surface area contributed by atoms with Gasteiger partial charge in [0.25, 0.3) is 0 Å². The summed E-state index contributed by atoms with van der Waals surface area (Å²) in [4.78, 5) is 9.09. The molecule has 0 spiro atoms. The van der Waals surface area contributed by atoms with E-state index in [4.69, 9.17) is 16.3 Å². The van der Waals surface area contributed by atoms with Crippen molar-refractivity contribution in [3.63, 3.8) is 0 Å². The molecule has 1 saturated heterocycles. The molecular weight excluding hydrogens is 398 g/mol. The Morgan fingerprint density at radius 2 is 2.13 bits per heavy atom. The standard InChI is InChI=1S/C23H28ClN5O/c1-28(2)23-18(5-4-10-25-23)16-29-11-8-17(15-29)22-14-20(26-27-22)9-12-30-21-7-3-6-19(24)13-21/h3-7,10,13-14,17H,8-9,11-12,15-16H2,1-2H3,(H,26,27)/t17-/m1/s1. The molecule has 0 saturated carbocycles. The normalized spacial score (nSPS) is 16.7. The van der Waals surface area contributed by atoms with Crippen molar-refractivity contribution in [3.8, 4) is 5.75 Å². The molecule has 1 aromatic carbocycles. The Morgan fingerprint density at radius 3 is 2.97 bits per heavy atom. The fraction of sp³-hybridized carbons (Fsp3) is 0.391. The van der Waals surface area contributed by atoms with Crippen LogP contribution in [-0.4, -0.2) is 53.9 Å². The third kappa shape index (κ3) is 5.12. The minimum Gasteiger partial charge on any atom is -0.493 e. The zero-order chi connectivity index (χ0) is 20.9. The molecule has 1 aliphatic heterocycles. The summed E-state index contributed by atoms with van der Waals surface area (Å²) in [6.07, 6.45) is 3.77. The van der Waals surface area contributed by atoms with Crippen molar-refractivity contribution in [2.45, 2.75) is 25.3 Å². The number of hydrogen-bond donors (Lipinski definition) is 1. The second-order valence-corrected chi connectivity index (χ2v) is 8.41. The molecule has 0 unspecified atom stereocenters. The summed E-state index contributed by atoms with van der Waals surface area (Å²) in [5, 5.41) is 8.44. The minimum atomic E-state index is 0.461. The molecule has 158 valence electrons. The van der Waals surface area contributed by atoms with Crippen LogP contribution in [0.4, 0.5) is 5.82 Å². The van der Waals surface area contributed by atoms with Crippen LogP contribution in [0.25, 0.3) is 0 Å². The predicted octanol–water partition coefficient (Wildman–Crippen LogP) is 4.14. The monoisotopic (exact) mass is 425 g/mol. The van der Waals surface area contributed by atoms with E-state index < -0.39 is 0 Å². The van der Waals surface area contributed by atoms with Crippen LogP contribution in [0.15, 0.2) is 48.7 Å². The van der Waals surface area contributed by atoms with Gasteiger partial charge in [-0.1, -0.05) is 23.7 Å². The first-order chi connectivity index (χ1) is 14.6. The summed E-state index contributed by atoms with van der Waals surface area (Å²) in [7, 11) is 4.08. The van der Waals surface area contributed by atoms with Crippen molar-refractivity contribution in [2.75, 3.05) is 38.7 Å². The van der Waals surface area contributed by atoms with Crippen molar-refractivity contribution in [2.24, 2.45) is 0 Å². The van der Waals surface area contributed by atoms with Gasteiger partial charge in [-0.25, -0.2) is 4.98 Å². The van der Waals surface area contributed by atoms with Gasteiger partial charge in [-0.05, 0) is 43.3 Å². The topological polar surface area (TPSA) is 57.3 Å². The fourth-order valence-electron chi connectivity index (χ4n) is 3.97. The van der Waals surface area contributed by atoms with Gasteiger partial charge >= 0.3 is 0 Å². The van der Waals surface area contributed by atoms with Crippen molar-refractivity contribution >= 4 is 17.4 Å². The number of nitrogens with one attached hydrogen (secondary N) is 1. The highest BCUT2D eigenvalue weighted by Gasteiger charge is 2.26. The molecule has 1 atom stereocenters. The number of halogens is 1. The van der Waals surface area contributed by atoms with E-state index in [1.54, 1.807) is 0 Å². The molecule has 0 aliphatic carbocycles. The highest BCUT2D eigenvalue weighted by molar-refractivity contribution is 6.30. The predicted molar refractivity (Wildman–Crippen MR) is 120 cm³/mol. The van der Waals surface area contributed by atoms with Crippen LogP contribution in [-0.2, 0) is 13.0 Å². The van der Waals surface area contributed by atoms with Crippen molar-refractivity contribution < 1.29 is 4.74 Å². The summed E-state index contributed by atoms with van der Waals surface area (Å²) < 4.78 is 5.79. The molecule has 3 aromatic rings. The third-order valence-corrected chi connectivity index (χ3v) is 5.70. The fourth-order valence-corrected chi connectivity index (χ4v) is 4.15. The van der Waals surface area contributed by atoms with Crippen molar-refractivity contribution in [3.05, 3.63) is 70.6 Å². The second kappa shape index (κ2) is 9.49. The quantitative estimate of drug-likeness (QED) is 0.588. The van der Waals surface area contributed by atoms with E-state index in [0.717, 1.165) is 55.4 Å². The van der Waals surface area contributed by atoms with E-state index in [1.165, 1.54) is 5.56 Å². The van der Waals surface area contributed by atoms with E-state index in [2.05, 4.69) is 37.1 Å². The summed E-state index contributed by atoms with van der Waals surface area (Å²) in [6.45, 7) is 3.60. The molecule has 30 heavy (non-hydrogen) atoms. The molecule has 7 heteroatoms. The molecule has 2 aromatic heterocycles. The van der Waals surface area contributed by atoms with Crippen LogP contribution in [0, 0.1) is 0 Å². The van der Waals surface area contributed by atoms with Crippen LogP contribution in [0.1, 0.15) is 29.3 Å². The Kier molecular flexibility index (Phi) is 6.55. The first-order valence-corrected chi connectivity index (χ1v) is 10.7. The van der Waals surface area contributed by atoms with Gasteiger partial charge in [-0.3, -0.25) is 10.00 Å². The lowest BCUT2D eigenvalue weighted by Crippen LogP contribution is -2.22. The molecule has 0 bridgehead atoms. The van der Waals surface area contributed by atoms with E-state index >= 15 is 0 Å². The number of benzene rings is 1. The van der Waals surface area contributed by atoms with Gasteiger partial charge in [-0.2, -0.15) is 5.10 Å². The van der Waals surface area contributed by atoms with Crippen LogP contribution in [0.5, 0.6) is 5.75 Å². The molecule has 1 fully saturated rings. The average molecular weight is 426 g/mol. The van der Waals surface area contributed by atoms with Gasteiger partial charge in [0.2, 0.25) is 0 Å². The number of rotatable bonds is 8. The maximum atomic E-state index is 6.00. The van der Waals surface area contributed by atoms with Gasteiger partial charge < -0.3 is 9.64 Å². The molecule has 0 radical (unpaired) electrons. The van der Waals surface area contributed by atoms with Crippen LogP contribution < -0.4 is 9.64 Å². The van der Waals surface area contributed by atoms with E-state index in [1.807, 2.05) is 50.6 Å². The number of nitrogens with zero attached hydrogens (tertiary/aromatic N) is 4. The van der Waals surface area contributed by atoms with Gasteiger partial charge in [0.15, 0.2) is 0 Å². The summed E-state index contributed by atoms with van der Waals surface area (Å²) in [5.41, 5.74) is 3.52. The van der Waals surface area contributed by atoms with Gasteiger partial charge in [0.05, 0.1) is 12.3 Å².